The van der Waals surface area contributed by atoms with Crippen molar-refractivity contribution in [1.82, 2.24) is 10.2 Å². The molecule has 1 saturated heterocycles. The third kappa shape index (κ3) is 4.92. The summed E-state index contributed by atoms with van der Waals surface area (Å²) in [6.07, 6.45) is 2.72. The molecule has 1 aliphatic rings. The molecule has 0 amide bonds. The number of piperidine rings is 1. The van der Waals surface area contributed by atoms with Gasteiger partial charge in [-0.2, -0.15) is 0 Å². The van der Waals surface area contributed by atoms with Crippen LogP contribution in [-0.2, 0) is 0 Å². The fourth-order valence-electron chi connectivity index (χ4n) is 2.48. The minimum absolute atomic E-state index is 0.257. The van der Waals surface area contributed by atoms with E-state index in [0.29, 0.717) is 13.0 Å². The van der Waals surface area contributed by atoms with Crippen LogP contribution in [0.1, 0.15) is 19.3 Å². The van der Waals surface area contributed by atoms with Crippen LogP contribution in [0, 0.1) is 0 Å². The number of aliphatic imine (C=N–C) groups is 1. The van der Waals surface area contributed by atoms with Crippen molar-refractivity contribution in [3.63, 3.8) is 0 Å². The summed E-state index contributed by atoms with van der Waals surface area (Å²) in [5.41, 5.74) is 0. The van der Waals surface area contributed by atoms with Crippen molar-refractivity contribution in [2.24, 2.45) is 4.99 Å². The molecule has 0 aromatic heterocycles. The average molecular weight is 293 g/mol. The minimum atomic E-state index is -0.295. The lowest BCUT2D eigenvalue weighted by Gasteiger charge is -2.34. The van der Waals surface area contributed by atoms with Gasteiger partial charge in [0.15, 0.2) is 5.96 Å². The molecule has 0 spiro atoms. The predicted octanol–water partition coefficient (Wildman–Crippen LogP) is 2.46. The van der Waals surface area contributed by atoms with Crippen LogP contribution in [0.4, 0.5) is 4.39 Å². The van der Waals surface area contributed by atoms with Gasteiger partial charge in [0.2, 0.25) is 0 Å². The predicted molar refractivity (Wildman–Crippen MR) is 83.6 cm³/mol. The molecule has 0 bridgehead atoms. The molecule has 116 valence electrons. The Morgan fingerprint density at radius 2 is 2.05 bits per heavy atom. The number of ether oxygens (including phenoxy) is 1. The van der Waals surface area contributed by atoms with E-state index >= 15 is 0 Å². The van der Waals surface area contributed by atoms with Gasteiger partial charge in [0.05, 0.1) is 6.67 Å². The Morgan fingerprint density at radius 3 is 2.67 bits per heavy atom. The number of halogens is 1. The summed E-state index contributed by atoms with van der Waals surface area (Å²) in [5, 5.41) is 3.20. The molecule has 0 aliphatic carbocycles. The van der Waals surface area contributed by atoms with Gasteiger partial charge in [0.25, 0.3) is 0 Å². The van der Waals surface area contributed by atoms with E-state index in [2.05, 4.69) is 15.2 Å². The van der Waals surface area contributed by atoms with E-state index in [0.717, 1.165) is 37.6 Å². The quantitative estimate of drug-likeness (QED) is 0.515. The van der Waals surface area contributed by atoms with Gasteiger partial charge in [0.1, 0.15) is 11.9 Å². The Balaban J connectivity index is 1.77. The van der Waals surface area contributed by atoms with Crippen molar-refractivity contribution in [2.45, 2.75) is 25.4 Å². The molecule has 0 atom stereocenters. The lowest BCUT2D eigenvalue weighted by molar-refractivity contribution is 0.129. The number of likely N-dealkylation sites (tertiary alicyclic amines) is 1. The first-order valence-electron chi connectivity index (χ1n) is 7.56. The van der Waals surface area contributed by atoms with Crippen LogP contribution in [0.5, 0.6) is 5.75 Å². The first-order valence-corrected chi connectivity index (χ1v) is 7.56. The van der Waals surface area contributed by atoms with Gasteiger partial charge in [-0.05, 0) is 18.6 Å². The van der Waals surface area contributed by atoms with Gasteiger partial charge in [-0.15, -0.1) is 0 Å². The van der Waals surface area contributed by atoms with Crippen LogP contribution >= 0.6 is 0 Å². The number of hydrogen-bond donors (Lipinski definition) is 1. The molecule has 5 heteroatoms. The molecule has 21 heavy (non-hydrogen) atoms. The summed E-state index contributed by atoms with van der Waals surface area (Å²) in [7, 11) is 1.77. The highest BCUT2D eigenvalue weighted by Gasteiger charge is 2.22. The summed E-state index contributed by atoms with van der Waals surface area (Å²) >= 11 is 0. The summed E-state index contributed by atoms with van der Waals surface area (Å²) in [6.45, 7) is 2.15. The molecule has 4 nitrogen and oxygen atoms in total. The van der Waals surface area contributed by atoms with Gasteiger partial charge in [-0.25, -0.2) is 0 Å². The van der Waals surface area contributed by atoms with E-state index in [1.807, 2.05) is 30.3 Å². The van der Waals surface area contributed by atoms with Gasteiger partial charge < -0.3 is 15.0 Å². The average Bonchev–Trinajstić information content (AvgIpc) is 2.54. The van der Waals surface area contributed by atoms with Crippen LogP contribution < -0.4 is 10.1 Å². The second-order valence-electron chi connectivity index (χ2n) is 5.13. The van der Waals surface area contributed by atoms with Gasteiger partial charge in [0, 0.05) is 39.5 Å². The molecule has 2 rings (SSSR count). The topological polar surface area (TPSA) is 36.9 Å². The number of nitrogens with one attached hydrogen (secondary N) is 1. The second-order valence-corrected chi connectivity index (χ2v) is 5.13. The number of rotatable bonds is 5. The third-order valence-electron chi connectivity index (χ3n) is 3.59. The van der Waals surface area contributed by atoms with E-state index in [-0.39, 0.29) is 12.8 Å². The molecule has 0 radical (unpaired) electrons. The first-order chi connectivity index (χ1) is 10.3. The Morgan fingerprint density at radius 1 is 1.33 bits per heavy atom. The Hall–Kier alpha value is -1.78. The van der Waals surface area contributed by atoms with Gasteiger partial charge in [-0.3, -0.25) is 9.38 Å². The van der Waals surface area contributed by atoms with E-state index in [4.69, 9.17) is 4.74 Å². The highest BCUT2D eigenvalue weighted by molar-refractivity contribution is 5.79. The molecule has 0 unspecified atom stereocenters. The molecular weight excluding hydrogens is 269 g/mol. The third-order valence-corrected chi connectivity index (χ3v) is 3.59. The lowest BCUT2D eigenvalue weighted by Crippen LogP contribution is -2.47. The number of para-hydroxylation sites is 1. The minimum Gasteiger partial charge on any atom is -0.490 e. The molecular formula is C16H24FN3O. The maximum atomic E-state index is 12.1. The van der Waals surface area contributed by atoms with E-state index < -0.39 is 0 Å². The zero-order chi connectivity index (χ0) is 14.9. The number of alkyl halides is 1. The van der Waals surface area contributed by atoms with Crippen LogP contribution in [0.25, 0.3) is 0 Å². The smallest absolute Gasteiger partial charge is 0.193 e. The number of nitrogens with zero attached hydrogens (tertiary/aromatic N) is 2. The monoisotopic (exact) mass is 293 g/mol. The van der Waals surface area contributed by atoms with Crippen molar-refractivity contribution in [2.75, 3.05) is 33.4 Å². The molecule has 1 fully saturated rings. The van der Waals surface area contributed by atoms with Crippen molar-refractivity contribution in [3.8, 4) is 5.75 Å². The Labute approximate surface area is 126 Å². The highest BCUT2D eigenvalue weighted by atomic mass is 19.1. The molecule has 1 heterocycles. The van der Waals surface area contributed by atoms with Crippen LogP contribution in [-0.4, -0.2) is 50.3 Å². The van der Waals surface area contributed by atoms with Gasteiger partial charge >= 0.3 is 0 Å². The fourth-order valence-corrected chi connectivity index (χ4v) is 2.48. The normalized spacial score (nSPS) is 16.9. The van der Waals surface area contributed by atoms with E-state index in [1.54, 1.807) is 7.05 Å². The standard InChI is InChI=1S/C16H24FN3O/c1-18-16(19-11-5-10-17)20-12-8-15(9-13-20)21-14-6-3-2-4-7-14/h2-4,6-7,15H,5,8-13H2,1H3,(H,18,19). The fraction of sp³-hybridized carbons (Fsp3) is 0.562. The summed E-state index contributed by atoms with van der Waals surface area (Å²) in [5.74, 6) is 1.79. The van der Waals surface area contributed by atoms with Crippen molar-refractivity contribution in [1.29, 1.82) is 0 Å². The van der Waals surface area contributed by atoms with E-state index in [9.17, 15) is 4.39 Å². The molecule has 1 aliphatic heterocycles. The van der Waals surface area contributed by atoms with Crippen molar-refractivity contribution < 1.29 is 9.13 Å². The number of hydrogen-bond acceptors (Lipinski definition) is 2. The number of guanidine groups is 1. The second kappa shape index (κ2) is 8.49. The summed E-state index contributed by atoms with van der Waals surface area (Å²) in [4.78, 5) is 6.47. The summed E-state index contributed by atoms with van der Waals surface area (Å²) < 4.78 is 18.1. The van der Waals surface area contributed by atoms with Crippen molar-refractivity contribution in [3.05, 3.63) is 30.3 Å². The maximum Gasteiger partial charge on any atom is 0.193 e. The Kier molecular flexibility index (Phi) is 6.31. The zero-order valence-electron chi connectivity index (χ0n) is 12.6. The largest absolute Gasteiger partial charge is 0.490 e. The lowest BCUT2D eigenvalue weighted by atomic mass is 10.1. The van der Waals surface area contributed by atoms with Crippen LogP contribution in [0.3, 0.4) is 0 Å². The van der Waals surface area contributed by atoms with E-state index in [1.165, 1.54) is 0 Å². The molecule has 0 saturated carbocycles. The molecule has 1 aromatic rings. The maximum absolute atomic E-state index is 12.1. The Bertz CT molecular complexity index is 430. The van der Waals surface area contributed by atoms with Gasteiger partial charge in [-0.1, -0.05) is 18.2 Å². The number of benzene rings is 1. The van der Waals surface area contributed by atoms with Crippen LogP contribution in [0.2, 0.25) is 0 Å². The SMILES string of the molecule is CN=C(NCCCF)N1CCC(Oc2ccccc2)CC1. The molecule has 1 aromatic carbocycles. The first kappa shape index (κ1) is 15.6. The highest BCUT2D eigenvalue weighted by Crippen LogP contribution is 2.18. The summed E-state index contributed by atoms with van der Waals surface area (Å²) in [6, 6.07) is 9.94. The zero-order valence-corrected chi connectivity index (χ0v) is 12.6. The molecule has 1 N–H and O–H groups in total. The van der Waals surface area contributed by atoms with Crippen LogP contribution in [0.15, 0.2) is 35.3 Å². The van der Waals surface area contributed by atoms with Crippen molar-refractivity contribution >= 4 is 5.96 Å².